The quantitative estimate of drug-likeness (QED) is 0.800. The molecule has 126 valence electrons. The van der Waals surface area contributed by atoms with Gasteiger partial charge in [-0.05, 0) is 37.2 Å². The predicted octanol–water partition coefficient (Wildman–Crippen LogP) is 1.87. The second-order valence-corrected chi connectivity index (χ2v) is 5.56. The highest BCUT2D eigenvalue weighted by Crippen LogP contribution is 2.19. The fraction of sp³-hybridized carbons (Fsp3) is 0.500. The van der Waals surface area contributed by atoms with E-state index in [4.69, 9.17) is 9.26 Å². The van der Waals surface area contributed by atoms with Crippen molar-refractivity contribution in [3.63, 3.8) is 0 Å². The minimum absolute atomic E-state index is 0.304. The van der Waals surface area contributed by atoms with Gasteiger partial charge in [-0.1, -0.05) is 11.2 Å². The second kappa shape index (κ2) is 8.14. The van der Waals surface area contributed by atoms with Crippen molar-refractivity contribution in [2.45, 2.75) is 26.0 Å². The van der Waals surface area contributed by atoms with E-state index in [2.05, 4.69) is 10.1 Å². The molecule has 0 bridgehead atoms. The first kappa shape index (κ1) is 17.5. The van der Waals surface area contributed by atoms with Crippen molar-refractivity contribution in [2.24, 2.45) is 0 Å². The fourth-order valence-corrected chi connectivity index (χ4v) is 2.35. The molecule has 0 saturated carbocycles. The van der Waals surface area contributed by atoms with E-state index >= 15 is 0 Å². The molecule has 0 radical (unpaired) electrons. The minimum atomic E-state index is -0.712. The van der Waals surface area contributed by atoms with Crippen molar-refractivity contribution < 1.29 is 18.8 Å². The van der Waals surface area contributed by atoms with E-state index in [0.717, 1.165) is 5.56 Å². The maximum atomic E-state index is 13.1. The third-order valence-corrected chi connectivity index (χ3v) is 3.52. The molecule has 1 unspecified atom stereocenters. The summed E-state index contributed by atoms with van der Waals surface area (Å²) in [4.78, 5) is 6.14. The topological polar surface area (TPSA) is 71.6 Å². The number of aromatic nitrogens is 2. The number of nitrogens with zero attached hydrogens (tertiary/aromatic N) is 3. The fourth-order valence-electron chi connectivity index (χ4n) is 2.35. The molecular weight excluding hydrogens is 301 g/mol. The van der Waals surface area contributed by atoms with Gasteiger partial charge in [-0.25, -0.2) is 4.39 Å². The number of ether oxygens (including phenoxy) is 1. The van der Waals surface area contributed by atoms with Gasteiger partial charge in [0.2, 0.25) is 5.89 Å². The SMILES string of the molecule is COCCc1noc(CN(C)CC(O)c2ccc(F)cc2C)n1. The summed E-state index contributed by atoms with van der Waals surface area (Å²) < 4.78 is 23.3. The lowest BCUT2D eigenvalue weighted by atomic mass is 10.0. The summed E-state index contributed by atoms with van der Waals surface area (Å²) in [6.45, 7) is 3.12. The Morgan fingerprint density at radius 2 is 2.22 bits per heavy atom. The van der Waals surface area contributed by atoms with Crippen molar-refractivity contribution in [2.75, 3.05) is 27.3 Å². The van der Waals surface area contributed by atoms with E-state index in [1.807, 2.05) is 11.9 Å². The van der Waals surface area contributed by atoms with Gasteiger partial charge in [0, 0.05) is 20.1 Å². The molecule has 0 amide bonds. The molecule has 1 aromatic heterocycles. The standard InChI is InChI=1S/C16H22FN3O3/c1-11-8-12(17)4-5-13(11)14(21)9-20(2)10-16-18-15(19-23-16)6-7-22-3/h4-5,8,14,21H,6-7,9-10H2,1-3H3. The molecule has 0 aliphatic carbocycles. The van der Waals surface area contributed by atoms with Gasteiger partial charge in [0.25, 0.3) is 0 Å². The van der Waals surface area contributed by atoms with Gasteiger partial charge < -0.3 is 14.4 Å². The molecule has 0 fully saturated rings. The summed E-state index contributed by atoms with van der Waals surface area (Å²) in [6.07, 6.45) is -0.113. The molecular formula is C16H22FN3O3. The Balaban J connectivity index is 1.90. The smallest absolute Gasteiger partial charge is 0.240 e. The van der Waals surface area contributed by atoms with Crippen LogP contribution in [0.4, 0.5) is 4.39 Å². The normalized spacial score (nSPS) is 12.8. The predicted molar refractivity (Wildman–Crippen MR) is 82.3 cm³/mol. The minimum Gasteiger partial charge on any atom is -0.387 e. The lowest BCUT2D eigenvalue weighted by molar-refractivity contribution is 0.117. The van der Waals surface area contributed by atoms with Crippen LogP contribution in [-0.4, -0.2) is 47.5 Å². The Labute approximate surface area is 134 Å². The second-order valence-electron chi connectivity index (χ2n) is 5.56. The lowest BCUT2D eigenvalue weighted by Gasteiger charge is -2.20. The van der Waals surface area contributed by atoms with Crippen LogP contribution in [0.25, 0.3) is 0 Å². The number of methoxy groups -OCH3 is 1. The molecule has 2 aromatic rings. The molecule has 23 heavy (non-hydrogen) atoms. The first-order chi connectivity index (χ1) is 11.0. The number of benzene rings is 1. The van der Waals surface area contributed by atoms with Crippen molar-refractivity contribution in [1.29, 1.82) is 0 Å². The highest BCUT2D eigenvalue weighted by atomic mass is 19.1. The summed E-state index contributed by atoms with van der Waals surface area (Å²) in [5.41, 5.74) is 1.44. The molecule has 7 heteroatoms. The van der Waals surface area contributed by atoms with E-state index in [1.54, 1.807) is 20.1 Å². The molecule has 2 rings (SSSR count). The van der Waals surface area contributed by atoms with Crippen LogP contribution >= 0.6 is 0 Å². The highest BCUT2D eigenvalue weighted by molar-refractivity contribution is 5.28. The monoisotopic (exact) mass is 323 g/mol. The van der Waals surface area contributed by atoms with Gasteiger partial charge in [0.1, 0.15) is 5.82 Å². The van der Waals surface area contributed by atoms with Crippen LogP contribution in [0.15, 0.2) is 22.7 Å². The van der Waals surface area contributed by atoms with Gasteiger partial charge >= 0.3 is 0 Å². The van der Waals surface area contributed by atoms with Crippen LogP contribution in [-0.2, 0) is 17.7 Å². The molecule has 0 aliphatic rings. The number of hydrogen-bond donors (Lipinski definition) is 1. The van der Waals surface area contributed by atoms with E-state index in [9.17, 15) is 9.50 Å². The Morgan fingerprint density at radius 1 is 1.43 bits per heavy atom. The third kappa shape index (κ3) is 5.09. The van der Waals surface area contributed by atoms with Crippen LogP contribution in [0, 0.1) is 12.7 Å². The number of rotatable bonds is 8. The van der Waals surface area contributed by atoms with Crippen molar-refractivity contribution in [3.8, 4) is 0 Å². The summed E-state index contributed by atoms with van der Waals surface area (Å²) in [7, 11) is 3.47. The molecule has 1 atom stereocenters. The molecule has 0 saturated heterocycles. The van der Waals surface area contributed by atoms with Crippen molar-refractivity contribution in [1.82, 2.24) is 15.0 Å². The lowest BCUT2D eigenvalue weighted by Crippen LogP contribution is -2.24. The van der Waals surface area contributed by atoms with Crippen LogP contribution < -0.4 is 0 Å². The third-order valence-electron chi connectivity index (χ3n) is 3.52. The molecule has 6 nitrogen and oxygen atoms in total. The molecule has 1 aromatic carbocycles. The number of aryl methyl sites for hydroxylation is 1. The van der Waals surface area contributed by atoms with Gasteiger partial charge in [0.15, 0.2) is 5.82 Å². The summed E-state index contributed by atoms with van der Waals surface area (Å²) in [5, 5.41) is 14.2. The maximum Gasteiger partial charge on any atom is 0.240 e. The van der Waals surface area contributed by atoms with Gasteiger partial charge in [-0.2, -0.15) is 4.98 Å². The number of aliphatic hydroxyl groups excluding tert-OH is 1. The summed E-state index contributed by atoms with van der Waals surface area (Å²) >= 11 is 0. The van der Waals surface area contributed by atoms with E-state index in [-0.39, 0.29) is 5.82 Å². The first-order valence-corrected chi connectivity index (χ1v) is 7.42. The molecule has 1 N–H and O–H groups in total. The highest BCUT2D eigenvalue weighted by Gasteiger charge is 2.16. The number of hydrogen-bond acceptors (Lipinski definition) is 6. The zero-order valence-electron chi connectivity index (χ0n) is 13.6. The Bertz CT molecular complexity index is 633. The Kier molecular flexibility index (Phi) is 6.20. The van der Waals surface area contributed by atoms with Gasteiger partial charge in [-0.15, -0.1) is 0 Å². The average molecular weight is 323 g/mol. The first-order valence-electron chi connectivity index (χ1n) is 7.42. The van der Waals surface area contributed by atoms with E-state index in [1.165, 1.54) is 12.1 Å². The summed E-state index contributed by atoms with van der Waals surface area (Å²) in [5.74, 6) is 0.785. The van der Waals surface area contributed by atoms with Crippen molar-refractivity contribution >= 4 is 0 Å². The van der Waals surface area contributed by atoms with Crippen molar-refractivity contribution in [3.05, 3.63) is 46.9 Å². The van der Waals surface area contributed by atoms with E-state index in [0.29, 0.717) is 43.4 Å². The maximum absolute atomic E-state index is 13.1. The molecule has 0 spiro atoms. The molecule has 0 aliphatic heterocycles. The Hall–Kier alpha value is -1.83. The number of aliphatic hydroxyl groups is 1. The zero-order valence-corrected chi connectivity index (χ0v) is 13.6. The number of likely N-dealkylation sites (N-methyl/N-ethyl adjacent to an activating group) is 1. The average Bonchev–Trinajstić information content (AvgIpc) is 2.92. The van der Waals surface area contributed by atoms with E-state index < -0.39 is 6.10 Å². The van der Waals surface area contributed by atoms with Crippen LogP contribution in [0.2, 0.25) is 0 Å². The zero-order chi connectivity index (χ0) is 16.8. The summed E-state index contributed by atoms with van der Waals surface area (Å²) in [6, 6.07) is 4.38. The Morgan fingerprint density at radius 3 is 2.91 bits per heavy atom. The van der Waals surface area contributed by atoms with Gasteiger partial charge in [-0.3, -0.25) is 4.90 Å². The largest absolute Gasteiger partial charge is 0.387 e. The number of halogens is 1. The molecule has 1 heterocycles. The van der Waals surface area contributed by atoms with Crippen LogP contribution in [0.5, 0.6) is 0 Å². The van der Waals surface area contributed by atoms with Crippen LogP contribution in [0.3, 0.4) is 0 Å². The van der Waals surface area contributed by atoms with Gasteiger partial charge in [0.05, 0.1) is 19.3 Å². The van der Waals surface area contributed by atoms with Crippen LogP contribution in [0.1, 0.15) is 28.9 Å².